The fraction of sp³-hybridized carbons (Fsp3) is 0.0556. The van der Waals surface area contributed by atoms with Crippen LogP contribution in [0.5, 0.6) is 0 Å². The molecule has 0 fully saturated rings. The number of nitriles is 1. The molecule has 0 spiro atoms. The third kappa shape index (κ3) is 5.71. The van der Waals surface area contributed by atoms with Crippen LogP contribution in [0.25, 0.3) is 159 Å². The second kappa shape index (κ2) is 15.9. The third-order valence-corrected chi connectivity index (χ3v) is 16.3. The molecular weight excluding hydrogens is 981 g/mol. The van der Waals surface area contributed by atoms with Gasteiger partial charge in [0, 0.05) is 64.6 Å². The molecule has 6 heterocycles. The molecule has 0 N–H and O–H groups in total. The quantitative estimate of drug-likeness (QED) is 0.165. The third-order valence-electron chi connectivity index (χ3n) is 16.3. The van der Waals surface area contributed by atoms with Crippen LogP contribution in [0.15, 0.2) is 221 Å². The van der Waals surface area contributed by atoms with Gasteiger partial charge in [0.05, 0.1) is 92.7 Å². The average Bonchev–Trinajstić information content (AvgIpc) is 1.48. The Morgan fingerprint density at radius 2 is 0.938 bits per heavy atom. The Labute approximate surface area is 470 Å². The van der Waals surface area contributed by atoms with Crippen LogP contribution in [0.1, 0.15) is 45.6 Å². The van der Waals surface area contributed by atoms with E-state index in [9.17, 15) is 22.8 Å². The predicted molar refractivity (Wildman–Crippen MR) is 328 cm³/mol. The average molecular weight is 1040 g/mol. The highest BCUT2D eigenvalue weighted by molar-refractivity contribution is 6.25. The number of hydrogen-bond donors (Lipinski definition) is 0. The summed E-state index contributed by atoms with van der Waals surface area (Å²) in [6.07, 6.45) is 0. The molecular formula is C72H44N6O2. The van der Waals surface area contributed by atoms with Gasteiger partial charge in [-0.2, -0.15) is 5.26 Å². The van der Waals surface area contributed by atoms with Crippen molar-refractivity contribution >= 4 is 137 Å². The SMILES string of the molecule is [2H]c1c([2H])c([2H])c2c(oc3c2c([2H])c([2H])c2c4c([2H])c([2H])c([2H])c([2H])c4n(-c4c(-n5c6ccccc6c6ccccc65)c(C#N)c(-n5c6ccc(C(C)(C)C)cc6c6ccc7c8ccccc8oc7c65)c([N+]#[C-])c4-n4c5ccccc5c5ccccc54)c32)c1[2H]. The maximum absolute atomic E-state index is 12.9. The first-order valence-corrected chi connectivity index (χ1v) is 26.2. The van der Waals surface area contributed by atoms with Crippen LogP contribution >= 0.6 is 0 Å². The van der Waals surface area contributed by atoms with Gasteiger partial charge in [-0.05, 0) is 77.6 Å². The molecule has 8 nitrogen and oxygen atoms in total. The van der Waals surface area contributed by atoms with E-state index in [1.165, 1.54) is 4.57 Å². The van der Waals surface area contributed by atoms with Gasteiger partial charge in [0.1, 0.15) is 17.2 Å². The Balaban J connectivity index is 1.25. The van der Waals surface area contributed by atoms with Gasteiger partial charge in [-0.1, -0.05) is 166 Å². The maximum Gasteiger partial charge on any atom is 0.237 e. The van der Waals surface area contributed by atoms with E-state index < -0.39 is 60.4 Å². The summed E-state index contributed by atoms with van der Waals surface area (Å²) in [5.41, 5.74) is 4.88. The molecule has 0 saturated heterocycles. The van der Waals surface area contributed by atoms with Gasteiger partial charge in [0.2, 0.25) is 5.69 Å². The van der Waals surface area contributed by atoms with E-state index in [-0.39, 0.29) is 83.2 Å². The number of rotatable bonds is 4. The molecule has 17 aromatic rings. The lowest BCUT2D eigenvalue weighted by atomic mass is 9.86. The molecule has 374 valence electrons. The molecule has 8 heteroatoms. The first-order valence-electron chi connectivity index (χ1n) is 31.2. The Bertz CT molecular complexity index is 6060. The summed E-state index contributed by atoms with van der Waals surface area (Å²) in [5.74, 6) is 0. The fourth-order valence-corrected chi connectivity index (χ4v) is 12.9. The minimum Gasteiger partial charge on any atom is -0.454 e. The number of furan rings is 2. The van der Waals surface area contributed by atoms with Crippen molar-refractivity contribution in [3.8, 4) is 28.8 Å². The first kappa shape index (κ1) is 35.5. The topological polar surface area (TPSA) is 74.2 Å². The highest BCUT2D eigenvalue weighted by Crippen LogP contribution is 2.53. The van der Waals surface area contributed by atoms with Crippen LogP contribution in [0.3, 0.4) is 0 Å². The summed E-state index contributed by atoms with van der Waals surface area (Å²) in [7, 11) is 0. The van der Waals surface area contributed by atoms with Gasteiger partial charge in [-0.25, -0.2) is 4.85 Å². The van der Waals surface area contributed by atoms with Crippen molar-refractivity contribution in [3.63, 3.8) is 0 Å². The molecule has 0 aliphatic carbocycles. The van der Waals surface area contributed by atoms with E-state index in [0.717, 1.165) is 48.7 Å². The lowest BCUT2D eigenvalue weighted by molar-refractivity contribution is 0.591. The van der Waals surface area contributed by atoms with Crippen LogP contribution in [0.4, 0.5) is 5.69 Å². The normalized spacial score (nSPS) is 14.2. The molecule has 80 heavy (non-hydrogen) atoms. The molecule has 11 aromatic carbocycles. The Morgan fingerprint density at radius 3 is 1.59 bits per heavy atom. The van der Waals surface area contributed by atoms with E-state index in [0.29, 0.717) is 44.3 Å². The maximum atomic E-state index is 12.9. The van der Waals surface area contributed by atoms with Crippen molar-refractivity contribution < 1.29 is 22.5 Å². The number of fused-ring (bicyclic) bond motifs is 20. The number of hydrogen-bond acceptors (Lipinski definition) is 3. The van der Waals surface area contributed by atoms with Gasteiger partial charge in [-0.3, -0.25) is 0 Å². The summed E-state index contributed by atoms with van der Waals surface area (Å²) in [4.78, 5) is 4.69. The van der Waals surface area contributed by atoms with E-state index in [1.54, 1.807) is 0 Å². The molecule has 0 bridgehead atoms. The van der Waals surface area contributed by atoms with Gasteiger partial charge in [0.15, 0.2) is 11.2 Å². The molecule has 0 aliphatic rings. The van der Waals surface area contributed by atoms with Crippen LogP contribution in [0, 0.1) is 17.9 Å². The van der Waals surface area contributed by atoms with E-state index >= 15 is 0 Å². The smallest absolute Gasteiger partial charge is 0.237 e. The Kier molecular flexibility index (Phi) is 7.06. The molecule has 0 radical (unpaired) electrons. The lowest BCUT2D eigenvalue weighted by Gasteiger charge is -2.27. The molecule has 17 rings (SSSR count). The fourth-order valence-electron chi connectivity index (χ4n) is 12.9. The van der Waals surface area contributed by atoms with Gasteiger partial charge in [-0.15, -0.1) is 0 Å². The zero-order chi connectivity index (χ0) is 62.0. The van der Waals surface area contributed by atoms with Crippen molar-refractivity contribution in [2.24, 2.45) is 0 Å². The zero-order valence-corrected chi connectivity index (χ0v) is 42.9. The summed E-state index contributed by atoms with van der Waals surface area (Å²) < 4.78 is 117. The molecule has 6 aromatic heterocycles. The lowest BCUT2D eigenvalue weighted by Crippen LogP contribution is -2.15. The summed E-state index contributed by atoms with van der Waals surface area (Å²) in [6, 6.07) is 45.9. The summed E-state index contributed by atoms with van der Waals surface area (Å²) in [6.45, 7) is 16.5. The highest BCUT2D eigenvalue weighted by Gasteiger charge is 2.36. The second-order valence-corrected chi connectivity index (χ2v) is 21.4. The number of para-hydroxylation sites is 7. The van der Waals surface area contributed by atoms with Crippen LogP contribution in [-0.2, 0) is 5.41 Å². The molecule has 0 atom stereocenters. The Hall–Kier alpha value is -10.8. The Morgan fingerprint density at radius 1 is 0.425 bits per heavy atom. The number of nitrogens with zero attached hydrogens (tertiary/aromatic N) is 6. The van der Waals surface area contributed by atoms with Crippen molar-refractivity contribution in [1.82, 2.24) is 18.3 Å². The van der Waals surface area contributed by atoms with E-state index in [1.807, 2.05) is 147 Å². The van der Waals surface area contributed by atoms with Gasteiger partial charge < -0.3 is 27.1 Å². The standard InChI is InChI=1S/C72H44N6O2/c1-72(2,3)41-33-38-60-53(39-41)50-35-37-52-48-25-11-18-32-62(48)80-71(52)67(50)77(60)64-54(40-73)65(75-55-26-12-5-19-42(55)43-20-6-13-27-56(43)75)69(68(63(64)74-4)76-57-28-14-7-21-44(57)45-22-8-15-29-58(45)76)78-59-30-16-9-23-46(59)49-34-36-51-47-24-10-17-31-61(47)79-70(51)66(49)78/h5-39H,1-3H3/i9D,10D,16D,17D,23D,24D,30D,31D,34D,36D. The molecule has 0 saturated carbocycles. The summed E-state index contributed by atoms with van der Waals surface area (Å²) >= 11 is 0. The monoisotopic (exact) mass is 1030 g/mol. The van der Waals surface area contributed by atoms with E-state index in [2.05, 4.69) is 45.0 Å². The van der Waals surface area contributed by atoms with Crippen LogP contribution < -0.4 is 0 Å². The van der Waals surface area contributed by atoms with Gasteiger partial charge in [0.25, 0.3) is 0 Å². The van der Waals surface area contributed by atoms with Crippen molar-refractivity contribution in [2.75, 3.05) is 0 Å². The van der Waals surface area contributed by atoms with Crippen molar-refractivity contribution in [3.05, 3.63) is 235 Å². The minimum atomic E-state index is -0.649. The van der Waals surface area contributed by atoms with Crippen LogP contribution in [0.2, 0.25) is 0 Å². The second-order valence-electron chi connectivity index (χ2n) is 21.4. The van der Waals surface area contributed by atoms with Crippen molar-refractivity contribution in [1.29, 1.82) is 5.26 Å². The highest BCUT2D eigenvalue weighted by atomic mass is 16.3. The molecule has 0 unspecified atom stereocenters. The zero-order valence-electron chi connectivity index (χ0n) is 52.9. The van der Waals surface area contributed by atoms with Crippen molar-refractivity contribution in [2.45, 2.75) is 26.2 Å². The molecule has 0 aliphatic heterocycles. The predicted octanol–water partition coefficient (Wildman–Crippen LogP) is 19.6. The largest absolute Gasteiger partial charge is 0.454 e. The minimum absolute atomic E-state index is 0.0208. The number of aromatic nitrogens is 4. The summed E-state index contributed by atoms with van der Waals surface area (Å²) in [5, 5.41) is 18.6. The van der Waals surface area contributed by atoms with E-state index in [4.69, 9.17) is 16.4 Å². The first-order chi connectivity index (χ1) is 43.5. The van der Waals surface area contributed by atoms with Gasteiger partial charge >= 0.3 is 0 Å². The van der Waals surface area contributed by atoms with Crippen LogP contribution in [-0.4, -0.2) is 18.3 Å². The molecule has 0 amide bonds. The number of benzene rings is 11.